The van der Waals surface area contributed by atoms with Crippen molar-refractivity contribution < 1.29 is 0 Å². The molecule has 0 N–H and O–H groups in total. The summed E-state index contributed by atoms with van der Waals surface area (Å²) in [6, 6.07) is 95.8. The minimum atomic E-state index is -0.501. The molecule has 1 aliphatic carbocycles. The van der Waals surface area contributed by atoms with Gasteiger partial charge in [-0.2, -0.15) is 0 Å². The summed E-state index contributed by atoms with van der Waals surface area (Å²) in [6.07, 6.45) is 0. The van der Waals surface area contributed by atoms with Crippen LogP contribution in [-0.2, 0) is 5.41 Å². The lowest BCUT2D eigenvalue weighted by Crippen LogP contribution is -2.28. The molecule has 0 saturated carbocycles. The van der Waals surface area contributed by atoms with Crippen LogP contribution in [0.4, 0.5) is 17.1 Å². The maximum Gasteiger partial charge on any atom is 0.0714 e. The van der Waals surface area contributed by atoms with Crippen molar-refractivity contribution in [1.82, 2.24) is 0 Å². The van der Waals surface area contributed by atoms with Gasteiger partial charge in [-0.15, -0.1) is 0 Å². The summed E-state index contributed by atoms with van der Waals surface area (Å²) in [4.78, 5) is 2.46. The summed E-state index contributed by atoms with van der Waals surface area (Å²) in [5.41, 5.74) is 17.6. The fourth-order valence-electron chi connectivity index (χ4n) is 10.3. The Balaban J connectivity index is 0.997. The highest BCUT2D eigenvalue weighted by Gasteiger charge is 2.47. The zero-order chi connectivity index (χ0) is 42.5. The van der Waals surface area contributed by atoms with Gasteiger partial charge in [-0.1, -0.05) is 218 Å². The Morgan fingerprint density at radius 2 is 0.656 bits per heavy atom. The van der Waals surface area contributed by atoms with Crippen molar-refractivity contribution in [3.05, 3.63) is 283 Å². The Labute approximate surface area is 374 Å². The average Bonchev–Trinajstić information content (AvgIpc) is 3.69. The van der Waals surface area contributed by atoms with Gasteiger partial charge in [0.25, 0.3) is 0 Å². The molecule has 0 aliphatic heterocycles. The molecule has 0 heterocycles. The Kier molecular flexibility index (Phi) is 9.13. The molecule has 0 saturated heterocycles. The fraction of sp³-hybridized carbons (Fsp3) is 0.0159. The van der Waals surface area contributed by atoms with Crippen molar-refractivity contribution in [2.45, 2.75) is 5.41 Å². The van der Waals surface area contributed by atoms with Gasteiger partial charge in [0.2, 0.25) is 0 Å². The third-order valence-electron chi connectivity index (χ3n) is 13.3. The first kappa shape index (κ1) is 37.5. The Morgan fingerprint density at radius 3 is 1.17 bits per heavy atom. The number of hydrogen-bond donors (Lipinski definition) is 0. The van der Waals surface area contributed by atoms with E-state index in [0.717, 1.165) is 17.1 Å². The molecule has 1 nitrogen and oxygen atoms in total. The maximum atomic E-state index is 2.46. The van der Waals surface area contributed by atoms with E-state index < -0.39 is 5.41 Å². The smallest absolute Gasteiger partial charge is 0.0714 e. The normalized spacial score (nSPS) is 12.5. The lowest BCUT2D eigenvalue weighted by Gasteiger charge is -2.34. The summed E-state index contributed by atoms with van der Waals surface area (Å²) < 4.78 is 0. The molecule has 0 unspecified atom stereocenters. The summed E-state index contributed by atoms with van der Waals surface area (Å²) >= 11 is 0. The van der Waals surface area contributed by atoms with Crippen molar-refractivity contribution in [3.8, 4) is 44.5 Å². The first-order valence-electron chi connectivity index (χ1n) is 22.2. The number of benzene rings is 11. The highest BCUT2D eigenvalue weighted by atomic mass is 15.1. The van der Waals surface area contributed by atoms with Crippen LogP contribution in [0.1, 0.15) is 22.3 Å². The van der Waals surface area contributed by atoms with E-state index >= 15 is 0 Å². The van der Waals surface area contributed by atoms with E-state index in [0.29, 0.717) is 0 Å². The highest BCUT2D eigenvalue weighted by molar-refractivity contribution is 5.98. The lowest BCUT2D eigenvalue weighted by atomic mass is 9.68. The molecule has 64 heavy (non-hydrogen) atoms. The third kappa shape index (κ3) is 6.24. The van der Waals surface area contributed by atoms with Crippen LogP contribution in [0.2, 0.25) is 0 Å². The largest absolute Gasteiger partial charge is 0.310 e. The van der Waals surface area contributed by atoms with Gasteiger partial charge in [0.05, 0.1) is 11.1 Å². The van der Waals surface area contributed by atoms with E-state index in [2.05, 4.69) is 266 Å². The number of fused-ring (bicyclic) bond motifs is 5. The SMILES string of the molecule is c1ccc(C2(c3ccccc3)c3ccccc3-c3c(N(c4ccc(-c5ccc(-c6ccc7ccccc7c6)cc5)cc4)c4ccc(-c5ccc6ccccc6c5)cc4)cccc32)cc1. The number of nitrogens with zero attached hydrogens (tertiary/aromatic N) is 1. The molecule has 11 aromatic carbocycles. The van der Waals surface area contributed by atoms with Crippen LogP contribution in [0.3, 0.4) is 0 Å². The van der Waals surface area contributed by atoms with Gasteiger partial charge in [0.15, 0.2) is 0 Å². The second kappa shape index (κ2) is 15.6. The van der Waals surface area contributed by atoms with Gasteiger partial charge in [-0.3, -0.25) is 0 Å². The molecule has 11 aromatic rings. The topological polar surface area (TPSA) is 3.24 Å². The number of anilines is 3. The van der Waals surface area contributed by atoms with Gasteiger partial charge in [-0.25, -0.2) is 0 Å². The molecule has 1 heteroatoms. The van der Waals surface area contributed by atoms with Crippen molar-refractivity contribution in [3.63, 3.8) is 0 Å². The van der Waals surface area contributed by atoms with E-state index in [-0.39, 0.29) is 0 Å². The predicted molar refractivity (Wildman–Crippen MR) is 270 cm³/mol. The van der Waals surface area contributed by atoms with Crippen LogP contribution in [0.25, 0.3) is 66.1 Å². The number of hydrogen-bond acceptors (Lipinski definition) is 1. The van der Waals surface area contributed by atoms with Crippen LogP contribution in [0, 0.1) is 0 Å². The van der Waals surface area contributed by atoms with Crippen molar-refractivity contribution in [2.24, 2.45) is 0 Å². The van der Waals surface area contributed by atoms with E-state index in [9.17, 15) is 0 Å². The van der Waals surface area contributed by atoms with Crippen LogP contribution in [0.15, 0.2) is 261 Å². The molecule has 0 aromatic heterocycles. The monoisotopic (exact) mass is 813 g/mol. The van der Waals surface area contributed by atoms with Crippen molar-refractivity contribution in [2.75, 3.05) is 4.90 Å². The zero-order valence-electron chi connectivity index (χ0n) is 35.3. The minimum Gasteiger partial charge on any atom is -0.310 e. The van der Waals surface area contributed by atoms with Gasteiger partial charge < -0.3 is 4.90 Å². The standard InChI is InChI=1S/C63H43N/c1-3-18-54(19-4-1)63(55-20-5-2-6-21-55)59-23-12-11-22-58(59)62-60(63)24-13-25-61(62)64(57-40-36-49(37-41-57)53-33-31-45-15-8-10-17-51(45)43-53)56-38-34-47(35-39-56)46-26-28-48(29-27-46)52-32-30-44-14-7-9-16-50(44)42-52/h1-43H. The molecule has 0 amide bonds. The summed E-state index contributed by atoms with van der Waals surface area (Å²) in [6.45, 7) is 0. The Morgan fingerprint density at radius 1 is 0.266 bits per heavy atom. The van der Waals surface area contributed by atoms with Crippen LogP contribution in [-0.4, -0.2) is 0 Å². The molecule has 0 atom stereocenters. The average molecular weight is 814 g/mol. The molecule has 1 aliphatic rings. The molecule has 300 valence electrons. The second-order valence-electron chi connectivity index (χ2n) is 16.9. The van der Waals surface area contributed by atoms with E-state index in [4.69, 9.17) is 0 Å². The molecule has 0 fully saturated rings. The van der Waals surface area contributed by atoms with E-state index in [1.165, 1.54) is 88.3 Å². The summed E-state index contributed by atoms with van der Waals surface area (Å²) in [7, 11) is 0. The quantitative estimate of drug-likeness (QED) is 0.148. The minimum absolute atomic E-state index is 0.501. The van der Waals surface area contributed by atoms with Gasteiger partial charge in [0.1, 0.15) is 0 Å². The van der Waals surface area contributed by atoms with Gasteiger partial charge in [0, 0.05) is 16.9 Å². The van der Waals surface area contributed by atoms with Crippen LogP contribution in [0.5, 0.6) is 0 Å². The summed E-state index contributed by atoms with van der Waals surface area (Å²) in [5, 5.41) is 5.01. The maximum absolute atomic E-state index is 2.46. The molecule has 0 radical (unpaired) electrons. The first-order chi connectivity index (χ1) is 31.7. The molecule has 12 rings (SSSR count). The van der Waals surface area contributed by atoms with Gasteiger partial charge in [-0.05, 0) is 125 Å². The molecular formula is C63H43N. The lowest BCUT2D eigenvalue weighted by molar-refractivity contribution is 0.768. The Bertz CT molecular complexity index is 3420. The van der Waals surface area contributed by atoms with E-state index in [1.54, 1.807) is 0 Å². The third-order valence-corrected chi connectivity index (χ3v) is 13.3. The van der Waals surface area contributed by atoms with E-state index in [1.807, 2.05) is 0 Å². The molecule has 0 bridgehead atoms. The number of rotatable bonds is 8. The zero-order valence-corrected chi connectivity index (χ0v) is 35.3. The van der Waals surface area contributed by atoms with Crippen molar-refractivity contribution in [1.29, 1.82) is 0 Å². The highest BCUT2D eigenvalue weighted by Crippen LogP contribution is 2.59. The Hall–Kier alpha value is -8.26. The fourth-order valence-corrected chi connectivity index (χ4v) is 10.3. The van der Waals surface area contributed by atoms with Crippen molar-refractivity contribution >= 4 is 38.6 Å². The first-order valence-corrected chi connectivity index (χ1v) is 22.2. The van der Waals surface area contributed by atoms with Crippen LogP contribution >= 0.6 is 0 Å². The second-order valence-corrected chi connectivity index (χ2v) is 16.9. The molecule has 0 spiro atoms. The van der Waals surface area contributed by atoms with Gasteiger partial charge >= 0.3 is 0 Å². The predicted octanol–water partition coefficient (Wildman–Crippen LogP) is 16.8. The van der Waals surface area contributed by atoms with Crippen LogP contribution < -0.4 is 4.90 Å². The summed E-state index contributed by atoms with van der Waals surface area (Å²) in [5.74, 6) is 0. The molecular weight excluding hydrogens is 771 g/mol.